The molecule has 1 fully saturated rings. The van der Waals surface area contributed by atoms with Crippen molar-refractivity contribution in [3.05, 3.63) is 141 Å². The van der Waals surface area contributed by atoms with Crippen molar-refractivity contribution < 1.29 is 0 Å². The van der Waals surface area contributed by atoms with Crippen molar-refractivity contribution in [2.45, 2.75) is 51.4 Å². The van der Waals surface area contributed by atoms with E-state index in [0.717, 1.165) is 17.9 Å². The van der Waals surface area contributed by atoms with Crippen LogP contribution in [0.2, 0.25) is 0 Å². The van der Waals surface area contributed by atoms with E-state index in [1.807, 2.05) is 0 Å². The molecule has 3 aromatic rings. The predicted molar refractivity (Wildman–Crippen MR) is 161 cm³/mol. The molecule has 3 aromatic carbocycles. The molecule has 0 spiro atoms. The molecule has 3 aliphatic carbocycles. The highest BCUT2D eigenvalue weighted by Gasteiger charge is 2.40. The highest BCUT2D eigenvalue weighted by atomic mass is 14.4. The maximum Gasteiger partial charge on any atom is 0.0326 e. The van der Waals surface area contributed by atoms with Crippen LogP contribution in [-0.2, 0) is 6.42 Å². The van der Waals surface area contributed by atoms with Crippen LogP contribution >= 0.6 is 0 Å². The Kier molecular flexibility index (Phi) is 7.02. The maximum absolute atomic E-state index is 6.19. The lowest BCUT2D eigenvalue weighted by Crippen LogP contribution is -2.25. The van der Waals surface area contributed by atoms with Gasteiger partial charge in [-0.15, -0.1) is 6.42 Å². The lowest BCUT2D eigenvalue weighted by atomic mass is 9.65. The minimum absolute atomic E-state index is 0.305. The molecule has 0 saturated heterocycles. The molecule has 1 atom stereocenters. The molecule has 0 amide bonds. The third-order valence-corrected chi connectivity index (χ3v) is 8.94. The molecule has 38 heavy (non-hydrogen) atoms. The van der Waals surface area contributed by atoms with Crippen LogP contribution in [0.4, 0.5) is 0 Å². The summed E-state index contributed by atoms with van der Waals surface area (Å²) in [5, 5.41) is 0. The molecule has 0 aliphatic heterocycles. The quantitative estimate of drug-likeness (QED) is 0.301. The summed E-state index contributed by atoms with van der Waals surface area (Å²) in [6.45, 7) is 2.27. The van der Waals surface area contributed by atoms with Crippen LogP contribution in [0.1, 0.15) is 67.2 Å². The summed E-state index contributed by atoms with van der Waals surface area (Å²) in [6.07, 6.45) is 20.5. The summed E-state index contributed by atoms with van der Waals surface area (Å²) in [5.41, 5.74) is 12.4. The summed E-state index contributed by atoms with van der Waals surface area (Å²) in [6, 6.07) is 30.6. The molecule has 0 N–H and O–H groups in total. The van der Waals surface area contributed by atoms with E-state index in [1.54, 1.807) is 5.57 Å². The number of fused-ring (bicyclic) bond motifs is 3. The van der Waals surface area contributed by atoms with Gasteiger partial charge in [-0.25, -0.2) is 0 Å². The van der Waals surface area contributed by atoms with Crippen LogP contribution in [-0.4, -0.2) is 0 Å². The average molecular weight is 493 g/mol. The highest BCUT2D eigenvalue weighted by Crippen LogP contribution is 2.55. The van der Waals surface area contributed by atoms with Crippen molar-refractivity contribution in [3.63, 3.8) is 0 Å². The third kappa shape index (κ3) is 4.75. The van der Waals surface area contributed by atoms with E-state index in [4.69, 9.17) is 6.42 Å². The van der Waals surface area contributed by atoms with E-state index in [-0.39, 0.29) is 0 Å². The number of hydrogen-bond donors (Lipinski definition) is 0. The minimum Gasteiger partial charge on any atom is -0.115 e. The summed E-state index contributed by atoms with van der Waals surface area (Å²) in [7, 11) is 0. The number of benzene rings is 3. The van der Waals surface area contributed by atoms with Gasteiger partial charge < -0.3 is 0 Å². The van der Waals surface area contributed by atoms with E-state index in [9.17, 15) is 0 Å². The second-order valence-corrected chi connectivity index (χ2v) is 11.2. The molecule has 188 valence electrons. The van der Waals surface area contributed by atoms with E-state index in [2.05, 4.69) is 116 Å². The Morgan fingerprint density at radius 3 is 2.26 bits per heavy atom. The van der Waals surface area contributed by atoms with Crippen molar-refractivity contribution in [1.29, 1.82) is 0 Å². The molecule has 6 rings (SSSR count). The van der Waals surface area contributed by atoms with Gasteiger partial charge in [0.05, 0.1) is 0 Å². The predicted octanol–water partition coefficient (Wildman–Crippen LogP) is 9.58. The Morgan fingerprint density at radius 2 is 1.53 bits per heavy atom. The molecular weight excluding hydrogens is 456 g/mol. The van der Waals surface area contributed by atoms with E-state index in [1.165, 1.54) is 71.1 Å². The van der Waals surface area contributed by atoms with Gasteiger partial charge in [-0.2, -0.15) is 0 Å². The molecule has 1 unspecified atom stereocenters. The first-order chi connectivity index (χ1) is 18.7. The monoisotopic (exact) mass is 492 g/mol. The summed E-state index contributed by atoms with van der Waals surface area (Å²) < 4.78 is 0. The van der Waals surface area contributed by atoms with Gasteiger partial charge in [0.25, 0.3) is 0 Å². The minimum atomic E-state index is 0.305. The maximum atomic E-state index is 6.19. The van der Waals surface area contributed by atoms with Gasteiger partial charge in [0.2, 0.25) is 0 Å². The van der Waals surface area contributed by atoms with Gasteiger partial charge in [0.15, 0.2) is 0 Å². The highest BCUT2D eigenvalue weighted by molar-refractivity contribution is 5.80. The first-order valence-corrected chi connectivity index (χ1v) is 14.2. The fourth-order valence-corrected chi connectivity index (χ4v) is 7.01. The fourth-order valence-electron chi connectivity index (χ4n) is 7.01. The van der Waals surface area contributed by atoms with Crippen LogP contribution < -0.4 is 0 Å². The topological polar surface area (TPSA) is 0 Å². The summed E-state index contributed by atoms with van der Waals surface area (Å²) in [4.78, 5) is 0. The smallest absolute Gasteiger partial charge is 0.0326 e. The fraction of sp³-hybridized carbons (Fsp3) is 0.263. The Bertz CT molecular complexity index is 1460. The number of hydrogen-bond acceptors (Lipinski definition) is 0. The third-order valence-electron chi connectivity index (χ3n) is 8.94. The van der Waals surface area contributed by atoms with Gasteiger partial charge >= 0.3 is 0 Å². The standard InChI is InChI=1S/C38H36/c1-3-33-27(2)35(25-30-15-8-5-9-16-30)37(38-34-20-11-10-19-32(34)26-36(33)38)31-23-21-29(22-24-31)18-12-17-28-13-6-4-7-14-28/h1,4-17,19-20,26,29,31,38H,18,21-25H2,2H3/b17-12+. The average Bonchev–Trinajstić information content (AvgIpc) is 3.34. The lowest BCUT2D eigenvalue weighted by Gasteiger charge is -2.38. The van der Waals surface area contributed by atoms with Crippen molar-refractivity contribution in [2.75, 3.05) is 0 Å². The molecular formula is C38H36. The zero-order valence-electron chi connectivity index (χ0n) is 22.4. The molecule has 0 heterocycles. The van der Waals surface area contributed by atoms with Gasteiger partial charge in [-0.3, -0.25) is 0 Å². The molecule has 0 bridgehead atoms. The normalized spacial score (nSPS) is 22.7. The van der Waals surface area contributed by atoms with Crippen molar-refractivity contribution in [3.8, 4) is 12.3 Å². The van der Waals surface area contributed by atoms with Gasteiger partial charge in [-0.1, -0.05) is 109 Å². The van der Waals surface area contributed by atoms with Gasteiger partial charge in [-0.05, 0) is 102 Å². The largest absolute Gasteiger partial charge is 0.115 e. The Balaban J connectivity index is 1.32. The van der Waals surface area contributed by atoms with E-state index < -0.39 is 0 Å². The number of allylic oxidation sites excluding steroid dienone is 6. The first kappa shape index (κ1) is 24.5. The molecule has 1 saturated carbocycles. The van der Waals surface area contributed by atoms with Crippen LogP contribution in [0.3, 0.4) is 0 Å². The molecule has 0 heteroatoms. The molecule has 0 nitrogen and oxygen atoms in total. The Labute approximate surface area is 228 Å². The summed E-state index contributed by atoms with van der Waals surface area (Å²) in [5.74, 6) is 4.80. The van der Waals surface area contributed by atoms with Crippen molar-refractivity contribution in [2.24, 2.45) is 11.8 Å². The van der Waals surface area contributed by atoms with Crippen LogP contribution in [0.15, 0.2) is 119 Å². The van der Waals surface area contributed by atoms with E-state index >= 15 is 0 Å². The second kappa shape index (κ2) is 10.9. The molecule has 3 aliphatic rings. The molecule has 0 aromatic heterocycles. The SMILES string of the molecule is C#CC1=C(C)C(Cc2ccccc2)=C(C2CCC(C/C=C/c3ccccc3)CC2)C2C1=Cc1ccccc12. The number of rotatable bonds is 6. The van der Waals surface area contributed by atoms with Gasteiger partial charge in [0.1, 0.15) is 0 Å². The van der Waals surface area contributed by atoms with Crippen molar-refractivity contribution >= 4 is 12.2 Å². The van der Waals surface area contributed by atoms with Crippen molar-refractivity contribution in [1.82, 2.24) is 0 Å². The zero-order valence-corrected chi connectivity index (χ0v) is 22.4. The van der Waals surface area contributed by atoms with Crippen LogP contribution in [0, 0.1) is 24.2 Å². The first-order valence-electron chi connectivity index (χ1n) is 14.2. The Hall–Kier alpha value is -3.82. The van der Waals surface area contributed by atoms with Crippen LogP contribution in [0.5, 0.6) is 0 Å². The van der Waals surface area contributed by atoms with E-state index in [0.29, 0.717) is 11.8 Å². The molecule has 0 radical (unpaired) electrons. The lowest BCUT2D eigenvalue weighted by molar-refractivity contribution is 0.297. The Morgan fingerprint density at radius 1 is 0.842 bits per heavy atom. The number of terminal acetylenes is 1. The second-order valence-electron chi connectivity index (χ2n) is 11.2. The summed E-state index contributed by atoms with van der Waals surface area (Å²) >= 11 is 0. The van der Waals surface area contributed by atoms with Gasteiger partial charge in [0, 0.05) is 11.5 Å². The zero-order chi connectivity index (χ0) is 25.9. The van der Waals surface area contributed by atoms with Crippen LogP contribution in [0.25, 0.3) is 12.2 Å².